The number of anilines is 1. The van der Waals surface area contributed by atoms with Gasteiger partial charge in [-0.2, -0.15) is 0 Å². The molecular formula is C26H19Cl3N4O4. The van der Waals surface area contributed by atoms with Crippen LogP contribution in [0.25, 0.3) is 5.65 Å². The summed E-state index contributed by atoms with van der Waals surface area (Å²) in [6.45, 7) is 1.36. The topological polar surface area (TPSA) is 84.2 Å². The molecule has 0 bridgehead atoms. The third-order valence-corrected chi connectivity index (χ3v) is 7.39. The monoisotopic (exact) mass is 556 g/mol. The first kappa shape index (κ1) is 25.1. The average molecular weight is 558 g/mol. The highest BCUT2D eigenvalue weighted by atomic mass is 35.5. The van der Waals surface area contributed by atoms with Crippen LogP contribution >= 0.6 is 34.8 Å². The number of likely N-dealkylation sites (N-methyl/N-ethyl adjacent to an activating group) is 1. The lowest BCUT2D eigenvalue weighted by molar-refractivity contribution is -0.118. The number of carbonyl (C=O) groups excluding carboxylic acids is 3. The molecule has 1 aliphatic rings. The normalized spacial score (nSPS) is 12.8. The number of aryl methyl sites for hydroxylation is 1. The van der Waals surface area contributed by atoms with Gasteiger partial charge in [-0.05, 0) is 43.3 Å². The molecule has 2 aromatic carbocycles. The van der Waals surface area contributed by atoms with Gasteiger partial charge < -0.3 is 9.64 Å². The van der Waals surface area contributed by atoms with Gasteiger partial charge in [-0.1, -0.05) is 46.9 Å². The number of carbonyl (C=O) groups is 3. The molecule has 3 heterocycles. The summed E-state index contributed by atoms with van der Waals surface area (Å²) < 4.78 is 7.70. The van der Waals surface area contributed by atoms with Gasteiger partial charge in [0.15, 0.2) is 11.4 Å². The van der Waals surface area contributed by atoms with Gasteiger partial charge in [0, 0.05) is 23.8 Å². The van der Waals surface area contributed by atoms with E-state index in [1.54, 1.807) is 66.1 Å². The van der Waals surface area contributed by atoms with Crippen molar-refractivity contribution in [1.29, 1.82) is 0 Å². The lowest BCUT2D eigenvalue weighted by Gasteiger charge is -2.23. The molecule has 0 saturated heterocycles. The van der Waals surface area contributed by atoms with Crippen LogP contribution in [0.3, 0.4) is 0 Å². The summed E-state index contributed by atoms with van der Waals surface area (Å²) in [5.41, 5.74) is 2.56. The number of imide groups is 1. The predicted molar refractivity (Wildman–Crippen MR) is 141 cm³/mol. The quantitative estimate of drug-likeness (QED) is 0.295. The maximum atomic E-state index is 13.1. The number of rotatable bonds is 6. The van der Waals surface area contributed by atoms with E-state index < -0.39 is 24.3 Å². The van der Waals surface area contributed by atoms with E-state index >= 15 is 0 Å². The number of benzene rings is 2. The van der Waals surface area contributed by atoms with Crippen molar-refractivity contribution in [2.24, 2.45) is 0 Å². The molecule has 4 aromatic rings. The first-order valence-corrected chi connectivity index (χ1v) is 12.3. The first-order valence-electron chi connectivity index (χ1n) is 11.1. The van der Waals surface area contributed by atoms with E-state index in [-0.39, 0.29) is 22.8 Å². The average Bonchev–Trinajstić information content (AvgIpc) is 3.31. The number of amides is 3. The Morgan fingerprint density at radius 1 is 1.00 bits per heavy atom. The maximum absolute atomic E-state index is 13.1. The van der Waals surface area contributed by atoms with Gasteiger partial charge >= 0.3 is 0 Å². The zero-order valence-electron chi connectivity index (χ0n) is 19.7. The van der Waals surface area contributed by atoms with Crippen molar-refractivity contribution in [3.8, 4) is 5.75 Å². The van der Waals surface area contributed by atoms with Crippen LogP contribution < -0.4 is 9.64 Å². The Hall–Kier alpha value is -3.59. The largest absolute Gasteiger partial charge is 0.485 e. The van der Waals surface area contributed by atoms with Crippen molar-refractivity contribution in [2.75, 3.05) is 18.5 Å². The molecule has 188 valence electrons. The Morgan fingerprint density at radius 2 is 1.68 bits per heavy atom. The third-order valence-electron chi connectivity index (χ3n) is 6.16. The fourth-order valence-electron chi connectivity index (χ4n) is 4.12. The van der Waals surface area contributed by atoms with Crippen molar-refractivity contribution >= 4 is 63.9 Å². The van der Waals surface area contributed by atoms with E-state index in [4.69, 9.17) is 39.5 Å². The molecule has 3 amide bonds. The van der Waals surface area contributed by atoms with Gasteiger partial charge in [-0.3, -0.25) is 23.7 Å². The molecule has 1 aliphatic heterocycles. The van der Waals surface area contributed by atoms with E-state index in [1.165, 1.54) is 11.9 Å². The molecule has 0 fully saturated rings. The van der Waals surface area contributed by atoms with Gasteiger partial charge in [0.25, 0.3) is 11.8 Å². The highest BCUT2D eigenvalue weighted by Gasteiger charge is 2.37. The van der Waals surface area contributed by atoms with Crippen molar-refractivity contribution < 1.29 is 19.1 Å². The molecule has 0 aliphatic carbocycles. The first-order chi connectivity index (χ1) is 17.7. The standard InChI is InChI=1S/C26H19Cl3N4O4/c1-14-23(29)32-11-5-8-20(24(32)30-14)37-13-17-18(27)9-10-19(22(17)28)31(2)21(34)12-33-25(35)15-6-3-4-7-16(15)26(33)36/h3-11H,12-13H2,1-2H3. The summed E-state index contributed by atoms with van der Waals surface area (Å²) in [6, 6.07) is 13.2. The Labute approximate surface area is 226 Å². The van der Waals surface area contributed by atoms with Gasteiger partial charge in [0.1, 0.15) is 18.3 Å². The van der Waals surface area contributed by atoms with E-state index in [0.717, 1.165) is 4.90 Å². The minimum absolute atomic E-state index is 0.00482. The smallest absolute Gasteiger partial charge is 0.262 e. The van der Waals surface area contributed by atoms with Crippen LogP contribution in [0, 0.1) is 6.92 Å². The highest BCUT2D eigenvalue weighted by molar-refractivity contribution is 6.38. The summed E-state index contributed by atoms with van der Waals surface area (Å²) in [5.74, 6) is -1.05. The van der Waals surface area contributed by atoms with Crippen LogP contribution in [0.1, 0.15) is 32.0 Å². The lowest BCUT2D eigenvalue weighted by atomic mass is 10.1. The molecule has 5 rings (SSSR count). The summed E-state index contributed by atoms with van der Waals surface area (Å²) in [6.07, 6.45) is 1.78. The second kappa shape index (κ2) is 9.70. The fourth-order valence-corrected chi connectivity index (χ4v) is 4.91. The van der Waals surface area contributed by atoms with Crippen molar-refractivity contribution in [3.05, 3.63) is 92.3 Å². The molecule has 0 saturated carbocycles. The molecule has 37 heavy (non-hydrogen) atoms. The van der Waals surface area contributed by atoms with Crippen LogP contribution in [0.5, 0.6) is 5.75 Å². The molecular weight excluding hydrogens is 539 g/mol. The van der Waals surface area contributed by atoms with E-state index in [2.05, 4.69) is 4.98 Å². The number of ether oxygens (including phenoxy) is 1. The number of nitrogens with zero attached hydrogens (tertiary/aromatic N) is 4. The molecule has 0 atom stereocenters. The third kappa shape index (κ3) is 4.31. The van der Waals surface area contributed by atoms with Crippen LogP contribution in [0.15, 0.2) is 54.7 Å². The van der Waals surface area contributed by atoms with E-state index in [1.807, 2.05) is 0 Å². The Bertz CT molecular complexity index is 1570. The van der Waals surface area contributed by atoms with Gasteiger partial charge in [0.05, 0.1) is 27.5 Å². The predicted octanol–water partition coefficient (Wildman–Crippen LogP) is 5.44. The number of pyridine rings is 1. The summed E-state index contributed by atoms with van der Waals surface area (Å²) in [5, 5.41) is 1.03. The Morgan fingerprint density at radius 3 is 2.35 bits per heavy atom. The number of fused-ring (bicyclic) bond motifs is 2. The lowest BCUT2D eigenvalue weighted by Crippen LogP contribution is -2.41. The van der Waals surface area contributed by atoms with E-state index in [0.29, 0.717) is 38.5 Å². The SMILES string of the molecule is Cc1nc2c(OCc3c(Cl)ccc(N(C)C(=O)CN4C(=O)c5ccccc5C4=O)c3Cl)cccn2c1Cl. The Kier molecular flexibility index (Phi) is 6.58. The van der Waals surface area contributed by atoms with Crippen molar-refractivity contribution in [1.82, 2.24) is 14.3 Å². The fraction of sp³-hybridized carbons (Fsp3) is 0.154. The molecule has 2 aromatic heterocycles. The maximum Gasteiger partial charge on any atom is 0.262 e. The number of imidazole rings is 1. The second-order valence-electron chi connectivity index (χ2n) is 8.40. The number of aromatic nitrogens is 2. The summed E-state index contributed by atoms with van der Waals surface area (Å²) in [4.78, 5) is 45.1. The van der Waals surface area contributed by atoms with E-state index in [9.17, 15) is 14.4 Å². The molecule has 0 spiro atoms. The van der Waals surface area contributed by atoms with Crippen LogP contribution in [0.4, 0.5) is 5.69 Å². The minimum Gasteiger partial charge on any atom is -0.485 e. The van der Waals surface area contributed by atoms with Crippen molar-refractivity contribution in [3.63, 3.8) is 0 Å². The van der Waals surface area contributed by atoms with Gasteiger partial charge in [-0.25, -0.2) is 4.98 Å². The number of hydrogen-bond donors (Lipinski definition) is 0. The molecule has 0 unspecified atom stereocenters. The summed E-state index contributed by atoms with van der Waals surface area (Å²) in [7, 11) is 1.51. The van der Waals surface area contributed by atoms with Crippen LogP contribution in [0.2, 0.25) is 15.2 Å². The van der Waals surface area contributed by atoms with Gasteiger partial charge in [0.2, 0.25) is 5.91 Å². The van der Waals surface area contributed by atoms with Gasteiger partial charge in [-0.15, -0.1) is 0 Å². The Balaban J connectivity index is 1.36. The molecule has 8 nitrogen and oxygen atoms in total. The van der Waals surface area contributed by atoms with Crippen LogP contribution in [-0.4, -0.2) is 45.6 Å². The zero-order chi connectivity index (χ0) is 26.4. The van der Waals surface area contributed by atoms with Crippen LogP contribution in [-0.2, 0) is 11.4 Å². The molecule has 11 heteroatoms. The molecule has 0 radical (unpaired) electrons. The second-order valence-corrected chi connectivity index (χ2v) is 9.54. The number of hydrogen-bond acceptors (Lipinski definition) is 5. The minimum atomic E-state index is -0.512. The van der Waals surface area contributed by atoms with Crippen molar-refractivity contribution in [2.45, 2.75) is 13.5 Å². The summed E-state index contributed by atoms with van der Waals surface area (Å²) >= 11 is 19.4. The highest BCUT2D eigenvalue weighted by Crippen LogP contribution is 2.35. The molecule has 0 N–H and O–H groups in total. The number of halogens is 3. The zero-order valence-corrected chi connectivity index (χ0v) is 21.9.